The molecule has 2 atom stereocenters. The van der Waals surface area contributed by atoms with Crippen LogP contribution in [-0.2, 0) is 0 Å². The first-order chi connectivity index (χ1) is 8.90. The van der Waals surface area contributed by atoms with Crippen LogP contribution in [0.25, 0.3) is 10.4 Å². The van der Waals surface area contributed by atoms with Gasteiger partial charge in [-0.3, -0.25) is 14.9 Å². The van der Waals surface area contributed by atoms with Crippen LogP contribution in [0.2, 0.25) is 0 Å². The topological polar surface area (TPSA) is 165 Å². The second-order valence-corrected chi connectivity index (χ2v) is 3.73. The third kappa shape index (κ3) is 3.07. The summed E-state index contributed by atoms with van der Waals surface area (Å²) >= 11 is 0. The van der Waals surface area contributed by atoms with Gasteiger partial charge in [0.1, 0.15) is 6.10 Å². The van der Waals surface area contributed by atoms with Crippen LogP contribution in [0.15, 0.2) is 16.1 Å². The smallest absolute Gasteiger partial charge is 0.337 e. The lowest BCUT2D eigenvalue weighted by atomic mass is 10.0. The van der Waals surface area contributed by atoms with Gasteiger partial charge in [0, 0.05) is 22.2 Å². The van der Waals surface area contributed by atoms with Gasteiger partial charge in [0.05, 0.1) is 17.6 Å². The van der Waals surface area contributed by atoms with E-state index in [1.165, 1.54) is 6.92 Å². The third-order valence-corrected chi connectivity index (χ3v) is 2.56. The number of H-pyrrole nitrogens is 1. The van der Waals surface area contributed by atoms with Gasteiger partial charge in [0.2, 0.25) is 0 Å². The fourth-order valence-corrected chi connectivity index (χ4v) is 1.58. The Morgan fingerprint density at radius 1 is 1.63 bits per heavy atom. The molecule has 19 heavy (non-hydrogen) atoms. The lowest BCUT2D eigenvalue weighted by Gasteiger charge is -2.17. The van der Waals surface area contributed by atoms with E-state index in [0.29, 0.717) is 0 Å². The monoisotopic (exact) mass is 269 g/mol. The van der Waals surface area contributed by atoms with E-state index in [0.717, 1.165) is 6.20 Å². The molecule has 0 saturated carbocycles. The first-order valence-corrected chi connectivity index (χ1v) is 5.13. The van der Waals surface area contributed by atoms with Gasteiger partial charge in [-0.15, -0.1) is 0 Å². The summed E-state index contributed by atoms with van der Waals surface area (Å²) in [5, 5.41) is 33.2. The molecule has 0 aromatic carbocycles. The van der Waals surface area contributed by atoms with E-state index >= 15 is 0 Å². The Morgan fingerprint density at radius 3 is 2.79 bits per heavy atom. The van der Waals surface area contributed by atoms with E-state index in [1.807, 2.05) is 0 Å². The van der Waals surface area contributed by atoms with Crippen molar-refractivity contribution in [1.29, 1.82) is 0 Å². The maximum atomic E-state index is 11.3. The van der Waals surface area contributed by atoms with Crippen molar-refractivity contribution < 1.29 is 15.1 Å². The van der Waals surface area contributed by atoms with Gasteiger partial charge >= 0.3 is 11.2 Å². The number of hydrogen-bond acceptors (Lipinski definition) is 6. The lowest BCUT2D eigenvalue weighted by Crippen LogP contribution is -2.24. The van der Waals surface area contributed by atoms with Gasteiger partial charge in [-0.2, -0.15) is 0 Å². The van der Waals surface area contributed by atoms with Crippen molar-refractivity contribution in [2.24, 2.45) is 5.11 Å². The highest BCUT2D eigenvalue weighted by Gasteiger charge is 2.26. The van der Waals surface area contributed by atoms with Crippen LogP contribution in [0.3, 0.4) is 0 Å². The Hall–Kier alpha value is -2.42. The van der Waals surface area contributed by atoms with Gasteiger partial charge in [-0.1, -0.05) is 5.11 Å². The Labute approximate surface area is 106 Å². The quantitative estimate of drug-likeness (QED) is 0.229. The summed E-state index contributed by atoms with van der Waals surface area (Å²) in [5.74, 6) is 0. The van der Waals surface area contributed by atoms with Crippen molar-refractivity contribution in [3.63, 3.8) is 0 Å². The Bertz CT molecular complexity index is 591. The molecule has 0 aliphatic rings. The summed E-state index contributed by atoms with van der Waals surface area (Å²) in [7, 11) is 0. The molecule has 1 aromatic heterocycles. The van der Waals surface area contributed by atoms with Crippen molar-refractivity contribution >= 4 is 5.69 Å². The molecule has 0 spiro atoms. The zero-order valence-electron chi connectivity index (χ0n) is 9.85. The zero-order chi connectivity index (χ0) is 14.6. The number of aliphatic hydroxyl groups is 2. The van der Waals surface area contributed by atoms with Crippen LogP contribution < -0.4 is 5.56 Å². The summed E-state index contributed by atoms with van der Waals surface area (Å²) in [6, 6.07) is 0. The molecule has 0 fully saturated rings. The summed E-state index contributed by atoms with van der Waals surface area (Å²) in [4.78, 5) is 25.7. The SMILES string of the molecule is Cc1c(C(O)C(O)CN=[N+]=[N-])c[nH]c(=O)c1[N+](=O)[O-]. The molecular formula is C9H11N5O5. The highest BCUT2D eigenvalue weighted by molar-refractivity contribution is 5.42. The van der Waals surface area contributed by atoms with Crippen molar-refractivity contribution in [2.45, 2.75) is 19.1 Å². The molecule has 102 valence electrons. The van der Waals surface area contributed by atoms with E-state index in [4.69, 9.17) is 5.53 Å². The molecule has 1 aromatic rings. The maximum Gasteiger partial charge on any atom is 0.337 e. The third-order valence-electron chi connectivity index (χ3n) is 2.56. The molecule has 10 nitrogen and oxygen atoms in total. The molecule has 1 rings (SSSR count). The van der Waals surface area contributed by atoms with E-state index in [9.17, 15) is 25.1 Å². The number of nitrogens with one attached hydrogen (secondary N) is 1. The minimum absolute atomic E-state index is 0.00746. The first-order valence-electron chi connectivity index (χ1n) is 5.13. The molecule has 2 unspecified atom stereocenters. The number of rotatable bonds is 5. The number of hydrogen-bond donors (Lipinski definition) is 3. The summed E-state index contributed by atoms with van der Waals surface area (Å²) in [6.07, 6.45) is -1.87. The van der Waals surface area contributed by atoms with Gasteiger partial charge in [0.25, 0.3) is 0 Å². The van der Waals surface area contributed by atoms with Crippen LogP contribution in [0, 0.1) is 17.0 Å². The van der Waals surface area contributed by atoms with Crippen molar-refractivity contribution in [3.05, 3.63) is 48.2 Å². The second kappa shape index (κ2) is 5.96. The molecule has 10 heteroatoms. The number of aliphatic hydroxyl groups excluding tert-OH is 2. The summed E-state index contributed by atoms with van der Waals surface area (Å²) in [5.41, 5.74) is 6.44. The number of aromatic nitrogens is 1. The molecule has 0 saturated heterocycles. The molecule has 0 radical (unpaired) electrons. The lowest BCUT2D eigenvalue weighted by molar-refractivity contribution is -0.387. The highest BCUT2D eigenvalue weighted by atomic mass is 16.6. The van der Waals surface area contributed by atoms with Crippen LogP contribution in [-0.4, -0.2) is 32.8 Å². The van der Waals surface area contributed by atoms with E-state index in [2.05, 4.69) is 15.0 Å². The fourth-order valence-electron chi connectivity index (χ4n) is 1.58. The second-order valence-electron chi connectivity index (χ2n) is 3.73. The molecule has 0 bridgehead atoms. The average molecular weight is 269 g/mol. The number of nitro groups is 1. The van der Waals surface area contributed by atoms with Crippen molar-refractivity contribution in [1.82, 2.24) is 4.98 Å². The highest BCUT2D eigenvalue weighted by Crippen LogP contribution is 2.24. The Balaban J connectivity index is 3.21. The van der Waals surface area contributed by atoms with E-state index in [-0.39, 0.29) is 11.1 Å². The van der Waals surface area contributed by atoms with Crippen LogP contribution in [0.1, 0.15) is 17.2 Å². The predicted octanol–water partition coefficient (Wildman–Crippen LogP) is 0.296. The molecular weight excluding hydrogens is 258 g/mol. The van der Waals surface area contributed by atoms with Gasteiger partial charge in [-0.25, -0.2) is 0 Å². The number of pyridine rings is 1. The molecule has 1 heterocycles. The van der Waals surface area contributed by atoms with Crippen molar-refractivity contribution in [3.8, 4) is 0 Å². The van der Waals surface area contributed by atoms with Crippen LogP contribution in [0.5, 0.6) is 0 Å². The molecule has 0 aliphatic heterocycles. The van der Waals surface area contributed by atoms with Gasteiger partial charge in [0.15, 0.2) is 0 Å². The van der Waals surface area contributed by atoms with E-state index < -0.39 is 34.9 Å². The standard InChI is InChI=1S/C9H11N5O5/c1-4-5(8(16)6(15)3-12-13-10)2-11-9(17)7(4)14(18)19/h2,6,8,15-16H,3H2,1H3,(H,11,17). The van der Waals surface area contributed by atoms with Crippen molar-refractivity contribution in [2.75, 3.05) is 6.54 Å². The average Bonchev–Trinajstić information content (AvgIpc) is 2.34. The zero-order valence-corrected chi connectivity index (χ0v) is 9.85. The summed E-state index contributed by atoms with van der Waals surface area (Å²) in [6.45, 7) is 0.885. The molecule has 3 N–H and O–H groups in total. The normalized spacial score (nSPS) is 13.4. The number of aromatic amines is 1. The minimum atomic E-state index is -1.51. The van der Waals surface area contributed by atoms with E-state index in [1.54, 1.807) is 0 Å². The largest absolute Gasteiger partial charge is 0.390 e. The summed E-state index contributed by atoms with van der Waals surface area (Å²) < 4.78 is 0. The first kappa shape index (κ1) is 14.6. The number of azide groups is 1. The number of nitrogens with zero attached hydrogens (tertiary/aromatic N) is 4. The van der Waals surface area contributed by atoms with Gasteiger partial charge < -0.3 is 15.2 Å². The predicted molar refractivity (Wildman–Crippen MR) is 63.4 cm³/mol. The van der Waals surface area contributed by atoms with Gasteiger partial charge in [-0.05, 0) is 12.5 Å². The van der Waals surface area contributed by atoms with Crippen LogP contribution in [0.4, 0.5) is 5.69 Å². The Kier molecular flexibility index (Phi) is 4.59. The fraction of sp³-hybridized carbons (Fsp3) is 0.444. The van der Waals surface area contributed by atoms with Crippen LogP contribution >= 0.6 is 0 Å². The molecule has 0 amide bonds. The Morgan fingerprint density at radius 2 is 2.26 bits per heavy atom. The molecule has 0 aliphatic carbocycles. The maximum absolute atomic E-state index is 11.3. The minimum Gasteiger partial charge on any atom is -0.390 e.